The first-order valence-electron chi connectivity index (χ1n) is 11.1. The number of halogens is 1. The van der Waals surface area contributed by atoms with E-state index in [-0.39, 0.29) is 12.5 Å². The number of carbonyl (C=O) groups excluding carboxylic acids is 2. The highest BCUT2D eigenvalue weighted by Crippen LogP contribution is 2.25. The summed E-state index contributed by atoms with van der Waals surface area (Å²) in [5.41, 5.74) is 1.62. The number of aryl methyl sites for hydroxylation is 1. The molecule has 0 unspecified atom stereocenters. The molecule has 0 radical (unpaired) electrons. The first-order chi connectivity index (χ1) is 15.7. The van der Waals surface area contributed by atoms with Gasteiger partial charge in [0.25, 0.3) is 0 Å². The summed E-state index contributed by atoms with van der Waals surface area (Å²) in [6.45, 7) is 8.86. The molecule has 9 heteroatoms. The molecule has 2 aromatic carbocycles. The number of hydrogen-bond donors (Lipinski definition) is 1. The Morgan fingerprint density at radius 2 is 1.71 bits per heavy atom. The van der Waals surface area contributed by atoms with Gasteiger partial charge in [-0.3, -0.25) is 13.9 Å². The summed E-state index contributed by atoms with van der Waals surface area (Å²) in [5.74, 6) is -0.784. The van der Waals surface area contributed by atoms with Crippen molar-refractivity contribution in [2.45, 2.75) is 52.6 Å². The van der Waals surface area contributed by atoms with Crippen molar-refractivity contribution in [3.05, 3.63) is 64.7 Å². The van der Waals surface area contributed by atoms with Crippen LogP contribution in [0.1, 0.15) is 38.8 Å². The number of carbonyl (C=O) groups is 2. The van der Waals surface area contributed by atoms with Gasteiger partial charge in [-0.2, -0.15) is 0 Å². The molecule has 0 heterocycles. The number of benzene rings is 2. The van der Waals surface area contributed by atoms with Gasteiger partial charge < -0.3 is 10.2 Å². The van der Waals surface area contributed by atoms with Crippen molar-refractivity contribution in [2.24, 2.45) is 0 Å². The second kappa shape index (κ2) is 11.2. The Bertz CT molecular complexity index is 1110. The number of nitrogens with zero attached hydrogens (tertiary/aromatic N) is 2. The van der Waals surface area contributed by atoms with Gasteiger partial charge in [0, 0.05) is 17.1 Å². The zero-order valence-corrected chi connectivity index (χ0v) is 22.2. The van der Waals surface area contributed by atoms with Gasteiger partial charge in [0.1, 0.15) is 12.6 Å². The van der Waals surface area contributed by atoms with Crippen LogP contribution in [0.25, 0.3) is 0 Å². The second-order valence-corrected chi connectivity index (χ2v) is 11.8. The fraction of sp³-hybridized carbons (Fsp3) is 0.440. The highest BCUT2D eigenvalue weighted by molar-refractivity contribution is 7.92. The third-order valence-corrected chi connectivity index (χ3v) is 6.82. The average molecular weight is 508 g/mol. The number of amides is 2. The number of sulfonamides is 1. The van der Waals surface area contributed by atoms with Crippen molar-refractivity contribution in [1.82, 2.24) is 10.2 Å². The average Bonchev–Trinajstić information content (AvgIpc) is 2.72. The second-order valence-electron chi connectivity index (χ2n) is 9.44. The summed E-state index contributed by atoms with van der Waals surface area (Å²) >= 11 is 6.21. The van der Waals surface area contributed by atoms with Crippen LogP contribution in [0.2, 0.25) is 5.02 Å². The fourth-order valence-corrected chi connectivity index (χ4v) is 4.41. The normalized spacial score (nSPS) is 12.7. The monoisotopic (exact) mass is 507 g/mol. The van der Waals surface area contributed by atoms with E-state index in [1.54, 1.807) is 19.1 Å². The van der Waals surface area contributed by atoms with Crippen LogP contribution >= 0.6 is 11.6 Å². The molecule has 0 bridgehead atoms. The molecule has 0 saturated heterocycles. The van der Waals surface area contributed by atoms with Crippen molar-refractivity contribution < 1.29 is 18.0 Å². The van der Waals surface area contributed by atoms with E-state index in [0.29, 0.717) is 17.1 Å². The smallest absolute Gasteiger partial charge is 0.244 e. The van der Waals surface area contributed by atoms with Gasteiger partial charge in [0.2, 0.25) is 21.8 Å². The maximum atomic E-state index is 13.5. The maximum absolute atomic E-state index is 13.5. The predicted octanol–water partition coefficient (Wildman–Crippen LogP) is 3.79. The molecule has 2 rings (SSSR count). The maximum Gasteiger partial charge on any atom is 0.244 e. The van der Waals surface area contributed by atoms with Gasteiger partial charge in [-0.05, 0) is 64.3 Å². The third kappa shape index (κ3) is 8.02. The summed E-state index contributed by atoms with van der Waals surface area (Å²) in [6.07, 6.45) is 1.56. The van der Waals surface area contributed by atoms with Crippen LogP contribution in [0.4, 0.5) is 5.69 Å². The molecule has 1 atom stereocenters. The lowest BCUT2D eigenvalue weighted by atomic mass is 10.1. The molecule has 2 aromatic rings. The molecule has 0 saturated carbocycles. The van der Waals surface area contributed by atoms with Crippen molar-refractivity contribution in [3.63, 3.8) is 0 Å². The van der Waals surface area contributed by atoms with Gasteiger partial charge in [-0.15, -0.1) is 0 Å². The van der Waals surface area contributed by atoms with Crippen LogP contribution in [0.3, 0.4) is 0 Å². The highest BCUT2D eigenvalue weighted by Gasteiger charge is 2.31. The van der Waals surface area contributed by atoms with Crippen molar-refractivity contribution in [1.29, 1.82) is 0 Å². The van der Waals surface area contributed by atoms with Gasteiger partial charge in [0.05, 0.1) is 11.9 Å². The molecule has 7 nitrogen and oxygen atoms in total. The molecule has 0 spiro atoms. The Balaban J connectivity index is 2.34. The lowest BCUT2D eigenvalue weighted by Gasteiger charge is -2.33. The van der Waals surface area contributed by atoms with Crippen molar-refractivity contribution in [3.8, 4) is 0 Å². The molecule has 0 aliphatic heterocycles. The minimum Gasteiger partial charge on any atom is -0.350 e. The molecule has 1 N–H and O–H groups in total. The van der Waals surface area contributed by atoms with Crippen LogP contribution in [-0.2, 0) is 26.0 Å². The predicted molar refractivity (Wildman–Crippen MR) is 138 cm³/mol. The number of hydrogen-bond acceptors (Lipinski definition) is 4. The lowest BCUT2D eigenvalue weighted by molar-refractivity contribution is -0.139. The molecule has 0 aliphatic carbocycles. The van der Waals surface area contributed by atoms with Crippen LogP contribution in [0.5, 0.6) is 0 Å². The first kappa shape index (κ1) is 27.7. The highest BCUT2D eigenvalue weighted by atomic mass is 35.5. The molecule has 2 amide bonds. The summed E-state index contributed by atoms with van der Waals surface area (Å²) in [7, 11) is -3.79. The minimum atomic E-state index is -3.79. The van der Waals surface area contributed by atoms with E-state index >= 15 is 0 Å². The third-order valence-electron chi connectivity index (χ3n) is 5.27. The minimum absolute atomic E-state index is 0.258. The molecule has 0 aromatic heterocycles. The van der Waals surface area contributed by atoms with Crippen molar-refractivity contribution in [2.75, 3.05) is 23.7 Å². The van der Waals surface area contributed by atoms with E-state index in [9.17, 15) is 18.0 Å². The Kier molecular flexibility index (Phi) is 9.14. The standard InChI is InChI=1S/C25H34ClN3O4S/c1-18-12-13-21(16-22(18)26)29(34(6,32)33)17-23(30)28(15-14-20-10-8-7-9-11-20)19(2)24(31)27-25(3,4)5/h7-13,16,19H,14-15,17H2,1-6H3,(H,27,31)/t19-/m1/s1. The summed E-state index contributed by atoms with van der Waals surface area (Å²) in [6, 6.07) is 13.6. The molecule has 0 aliphatic rings. The summed E-state index contributed by atoms with van der Waals surface area (Å²) in [5, 5.41) is 3.30. The Labute approximate surface area is 208 Å². The van der Waals surface area contributed by atoms with Crippen molar-refractivity contribution >= 4 is 39.1 Å². The van der Waals surface area contributed by atoms with E-state index in [1.165, 1.54) is 11.0 Å². The van der Waals surface area contributed by atoms with Crippen LogP contribution in [-0.4, -0.2) is 56.1 Å². The SMILES string of the molecule is Cc1ccc(N(CC(=O)N(CCc2ccccc2)[C@H](C)C(=O)NC(C)(C)C)S(C)(=O)=O)cc1Cl. The quantitative estimate of drug-likeness (QED) is 0.559. The zero-order chi connectivity index (χ0) is 25.7. The van der Waals surface area contributed by atoms with Crippen LogP contribution < -0.4 is 9.62 Å². The number of rotatable bonds is 9. The van der Waals surface area contributed by atoms with Crippen LogP contribution in [0, 0.1) is 6.92 Å². The summed E-state index contributed by atoms with van der Waals surface area (Å²) < 4.78 is 26.2. The van der Waals surface area contributed by atoms with Gasteiger partial charge in [0.15, 0.2) is 0 Å². The Hall–Kier alpha value is -2.58. The van der Waals surface area contributed by atoms with E-state index in [4.69, 9.17) is 11.6 Å². The van der Waals surface area contributed by atoms with Gasteiger partial charge in [-0.1, -0.05) is 48.0 Å². The fourth-order valence-electron chi connectivity index (χ4n) is 3.39. The van der Waals surface area contributed by atoms with E-state index < -0.39 is 34.1 Å². The van der Waals surface area contributed by atoms with E-state index in [0.717, 1.165) is 21.7 Å². The van der Waals surface area contributed by atoms with Gasteiger partial charge >= 0.3 is 0 Å². The molecular weight excluding hydrogens is 474 g/mol. The largest absolute Gasteiger partial charge is 0.350 e. The molecule has 34 heavy (non-hydrogen) atoms. The number of nitrogens with one attached hydrogen (secondary N) is 1. The topological polar surface area (TPSA) is 86.8 Å². The summed E-state index contributed by atoms with van der Waals surface area (Å²) in [4.78, 5) is 27.8. The molecular formula is C25H34ClN3O4S. The van der Waals surface area contributed by atoms with Gasteiger partial charge in [-0.25, -0.2) is 8.42 Å². The Morgan fingerprint density at radius 1 is 1.09 bits per heavy atom. The first-order valence-corrected chi connectivity index (χ1v) is 13.3. The Morgan fingerprint density at radius 3 is 2.24 bits per heavy atom. The molecule has 0 fully saturated rings. The zero-order valence-electron chi connectivity index (χ0n) is 20.6. The molecule has 186 valence electrons. The van der Waals surface area contributed by atoms with E-state index in [1.807, 2.05) is 58.0 Å². The lowest BCUT2D eigenvalue weighted by Crippen LogP contribution is -2.55. The number of anilines is 1. The van der Waals surface area contributed by atoms with E-state index in [2.05, 4.69) is 5.32 Å². The van der Waals surface area contributed by atoms with Crippen LogP contribution in [0.15, 0.2) is 48.5 Å².